The fourth-order valence-corrected chi connectivity index (χ4v) is 2.46. The van der Waals surface area contributed by atoms with Crippen LogP contribution in [0.5, 0.6) is 5.75 Å². The minimum atomic E-state index is -0.377. The van der Waals surface area contributed by atoms with Gasteiger partial charge in [0.25, 0.3) is 0 Å². The zero-order chi connectivity index (χ0) is 13.4. The molecule has 100 valence electrons. The maximum absolute atomic E-state index is 13.6. The van der Waals surface area contributed by atoms with E-state index in [1.807, 2.05) is 0 Å². The Kier molecular flexibility index (Phi) is 3.18. The van der Waals surface area contributed by atoms with Gasteiger partial charge in [-0.1, -0.05) is 5.16 Å². The fourth-order valence-electron chi connectivity index (χ4n) is 1.93. The standard InChI is InChI=1S/C13H12BrFN2O2/c14-10-5-7(15)4-9(11-6-12(16)17-19-11)13(10)18-8-2-1-3-8/h4-6,8H,1-3H2,(H2,16,17). The molecular formula is C13H12BrFN2O2. The number of hydrogen-bond donors (Lipinski definition) is 1. The van der Waals surface area contributed by atoms with Gasteiger partial charge in [0.1, 0.15) is 11.6 Å². The highest BCUT2D eigenvalue weighted by Gasteiger charge is 2.24. The van der Waals surface area contributed by atoms with E-state index in [1.165, 1.54) is 12.1 Å². The minimum Gasteiger partial charge on any atom is -0.488 e. The van der Waals surface area contributed by atoms with Crippen molar-refractivity contribution in [2.24, 2.45) is 0 Å². The van der Waals surface area contributed by atoms with Crippen LogP contribution in [-0.4, -0.2) is 11.3 Å². The van der Waals surface area contributed by atoms with Crippen LogP contribution < -0.4 is 10.5 Å². The number of nitrogen functional groups attached to an aromatic ring is 1. The molecule has 0 radical (unpaired) electrons. The van der Waals surface area contributed by atoms with E-state index in [4.69, 9.17) is 15.0 Å². The quantitative estimate of drug-likeness (QED) is 0.932. The molecule has 0 unspecified atom stereocenters. The zero-order valence-electron chi connectivity index (χ0n) is 10.0. The summed E-state index contributed by atoms with van der Waals surface area (Å²) in [5.74, 6) is 0.844. The third-order valence-corrected chi connectivity index (χ3v) is 3.73. The highest BCUT2D eigenvalue weighted by Crippen LogP contribution is 2.40. The van der Waals surface area contributed by atoms with Crippen LogP contribution in [0.1, 0.15) is 19.3 Å². The summed E-state index contributed by atoms with van der Waals surface area (Å²) in [6.45, 7) is 0. The number of benzene rings is 1. The summed E-state index contributed by atoms with van der Waals surface area (Å²) >= 11 is 3.33. The lowest BCUT2D eigenvalue weighted by Crippen LogP contribution is -2.25. The van der Waals surface area contributed by atoms with Gasteiger partial charge in [0.15, 0.2) is 11.6 Å². The number of aromatic nitrogens is 1. The van der Waals surface area contributed by atoms with E-state index in [1.54, 1.807) is 6.07 Å². The van der Waals surface area contributed by atoms with E-state index in [-0.39, 0.29) is 17.7 Å². The van der Waals surface area contributed by atoms with Crippen LogP contribution in [0.15, 0.2) is 27.2 Å². The zero-order valence-corrected chi connectivity index (χ0v) is 11.6. The Morgan fingerprint density at radius 2 is 2.16 bits per heavy atom. The van der Waals surface area contributed by atoms with Gasteiger partial charge in [-0.3, -0.25) is 0 Å². The van der Waals surface area contributed by atoms with Crippen molar-refractivity contribution in [1.82, 2.24) is 5.16 Å². The van der Waals surface area contributed by atoms with Gasteiger partial charge in [0.05, 0.1) is 16.1 Å². The second kappa shape index (κ2) is 4.85. The Labute approximate surface area is 117 Å². The molecule has 1 aromatic heterocycles. The molecule has 6 heteroatoms. The molecule has 1 aromatic carbocycles. The molecule has 0 saturated heterocycles. The Morgan fingerprint density at radius 3 is 2.74 bits per heavy atom. The van der Waals surface area contributed by atoms with Crippen LogP contribution in [0.3, 0.4) is 0 Å². The number of nitrogens with two attached hydrogens (primary N) is 1. The fraction of sp³-hybridized carbons (Fsp3) is 0.308. The molecular weight excluding hydrogens is 315 g/mol. The largest absolute Gasteiger partial charge is 0.488 e. The molecule has 1 aliphatic rings. The molecule has 0 spiro atoms. The predicted octanol–water partition coefficient (Wildman–Crippen LogP) is 3.76. The summed E-state index contributed by atoms with van der Waals surface area (Å²) in [5, 5.41) is 3.62. The van der Waals surface area contributed by atoms with Crippen LogP contribution in [-0.2, 0) is 0 Å². The van der Waals surface area contributed by atoms with E-state index in [2.05, 4.69) is 21.1 Å². The third-order valence-electron chi connectivity index (χ3n) is 3.14. The first-order valence-electron chi connectivity index (χ1n) is 6.02. The van der Waals surface area contributed by atoms with Gasteiger partial charge in [-0.15, -0.1) is 0 Å². The van der Waals surface area contributed by atoms with E-state index in [0.29, 0.717) is 21.5 Å². The third kappa shape index (κ3) is 2.45. The minimum absolute atomic E-state index is 0.181. The van der Waals surface area contributed by atoms with E-state index in [0.717, 1.165) is 19.3 Å². The summed E-state index contributed by atoms with van der Waals surface area (Å²) in [4.78, 5) is 0. The van der Waals surface area contributed by atoms with Crippen molar-refractivity contribution < 1.29 is 13.7 Å². The van der Waals surface area contributed by atoms with Gasteiger partial charge >= 0.3 is 0 Å². The second-order valence-electron chi connectivity index (χ2n) is 4.55. The molecule has 1 fully saturated rings. The number of nitrogens with zero attached hydrogens (tertiary/aromatic N) is 1. The maximum Gasteiger partial charge on any atom is 0.172 e. The summed E-state index contributed by atoms with van der Waals surface area (Å²) in [6, 6.07) is 4.28. The molecule has 4 nitrogen and oxygen atoms in total. The number of ether oxygens (including phenoxy) is 1. The number of halogens is 2. The molecule has 1 saturated carbocycles. The van der Waals surface area contributed by atoms with Crippen LogP contribution in [0.4, 0.5) is 10.2 Å². The van der Waals surface area contributed by atoms with Gasteiger partial charge in [-0.25, -0.2) is 4.39 Å². The Morgan fingerprint density at radius 1 is 1.37 bits per heavy atom. The van der Waals surface area contributed by atoms with E-state index in [9.17, 15) is 4.39 Å². The van der Waals surface area contributed by atoms with Crippen molar-refractivity contribution in [1.29, 1.82) is 0 Å². The average Bonchev–Trinajstić information content (AvgIpc) is 2.71. The second-order valence-corrected chi connectivity index (χ2v) is 5.41. The highest BCUT2D eigenvalue weighted by molar-refractivity contribution is 9.10. The maximum atomic E-state index is 13.6. The van der Waals surface area contributed by atoms with Gasteiger partial charge < -0.3 is 15.0 Å². The summed E-state index contributed by atoms with van der Waals surface area (Å²) in [6.07, 6.45) is 3.37. The Balaban J connectivity index is 2.04. The summed E-state index contributed by atoms with van der Waals surface area (Å²) < 4.78 is 25.1. The number of hydrogen-bond acceptors (Lipinski definition) is 4. The molecule has 0 atom stereocenters. The molecule has 3 rings (SSSR count). The normalized spacial score (nSPS) is 15.3. The Bertz CT molecular complexity index is 611. The van der Waals surface area contributed by atoms with Crippen molar-refractivity contribution in [2.75, 3.05) is 5.73 Å². The van der Waals surface area contributed by atoms with E-state index >= 15 is 0 Å². The molecule has 0 bridgehead atoms. The van der Waals surface area contributed by atoms with Crippen molar-refractivity contribution in [2.45, 2.75) is 25.4 Å². The van der Waals surface area contributed by atoms with Crippen LogP contribution in [0.25, 0.3) is 11.3 Å². The first-order chi connectivity index (χ1) is 9.13. The first-order valence-corrected chi connectivity index (χ1v) is 6.81. The lowest BCUT2D eigenvalue weighted by molar-refractivity contribution is 0.119. The smallest absolute Gasteiger partial charge is 0.172 e. The molecule has 2 aromatic rings. The molecule has 1 aliphatic carbocycles. The van der Waals surface area contributed by atoms with Gasteiger partial charge in [0.2, 0.25) is 0 Å². The van der Waals surface area contributed by atoms with Crippen LogP contribution in [0, 0.1) is 5.82 Å². The predicted molar refractivity (Wildman–Crippen MR) is 72.3 cm³/mol. The highest BCUT2D eigenvalue weighted by atomic mass is 79.9. The van der Waals surface area contributed by atoms with Crippen molar-refractivity contribution in [3.63, 3.8) is 0 Å². The molecule has 0 amide bonds. The van der Waals surface area contributed by atoms with E-state index < -0.39 is 0 Å². The Hall–Kier alpha value is -1.56. The van der Waals surface area contributed by atoms with Crippen LogP contribution >= 0.6 is 15.9 Å². The average molecular weight is 327 g/mol. The van der Waals surface area contributed by atoms with Crippen molar-refractivity contribution in [3.05, 3.63) is 28.5 Å². The lowest BCUT2D eigenvalue weighted by Gasteiger charge is -2.27. The molecule has 19 heavy (non-hydrogen) atoms. The summed E-state index contributed by atoms with van der Waals surface area (Å²) in [7, 11) is 0. The van der Waals surface area contributed by atoms with Crippen LogP contribution in [0.2, 0.25) is 0 Å². The molecule has 0 aliphatic heterocycles. The monoisotopic (exact) mass is 326 g/mol. The topological polar surface area (TPSA) is 61.3 Å². The summed E-state index contributed by atoms with van der Waals surface area (Å²) in [5.41, 5.74) is 6.05. The first kappa shape index (κ1) is 12.5. The van der Waals surface area contributed by atoms with Gasteiger partial charge in [-0.05, 0) is 47.3 Å². The molecule has 1 heterocycles. The SMILES string of the molecule is Nc1cc(-c2cc(F)cc(Br)c2OC2CCC2)on1. The number of rotatable bonds is 3. The van der Waals surface area contributed by atoms with Gasteiger partial charge in [0, 0.05) is 6.07 Å². The lowest BCUT2D eigenvalue weighted by atomic mass is 9.96. The number of anilines is 1. The van der Waals surface area contributed by atoms with Gasteiger partial charge in [-0.2, -0.15) is 0 Å². The molecule has 2 N–H and O–H groups in total. The van der Waals surface area contributed by atoms with Crippen molar-refractivity contribution >= 4 is 21.7 Å². The van der Waals surface area contributed by atoms with Crippen molar-refractivity contribution in [3.8, 4) is 17.1 Å².